The van der Waals surface area contributed by atoms with Gasteiger partial charge < -0.3 is 10.1 Å². The standard InChI is InChI=1S/C22H24N4O2S/c27-21(23-15-19-12-7-13-28-19)16-29-22-25-24-20(14-17-8-3-1-4-9-17)26(22)18-10-5-2-6-11-18/h1-6,8-11,19H,7,12-16H2,(H,23,27)/t19-/m0/s1. The van der Waals surface area contributed by atoms with E-state index < -0.39 is 0 Å². The molecule has 1 aliphatic heterocycles. The number of para-hydroxylation sites is 1. The first-order valence-electron chi connectivity index (χ1n) is 9.84. The van der Waals surface area contributed by atoms with Gasteiger partial charge in [-0.2, -0.15) is 0 Å². The fourth-order valence-electron chi connectivity index (χ4n) is 3.34. The molecule has 1 saturated heterocycles. The monoisotopic (exact) mass is 408 g/mol. The van der Waals surface area contributed by atoms with Crippen molar-refractivity contribution in [2.45, 2.75) is 30.5 Å². The molecule has 150 valence electrons. The molecule has 1 atom stereocenters. The number of amides is 1. The Morgan fingerprint density at radius 3 is 2.59 bits per heavy atom. The van der Waals surface area contributed by atoms with Gasteiger partial charge in [-0.05, 0) is 30.5 Å². The minimum Gasteiger partial charge on any atom is -0.376 e. The van der Waals surface area contributed by atoms with E-state index in [1.54, 1.807) is 0 Å². The Morgan fingerprint density at radius 2 is 1.86 bits per heavy atom. The summed E-state index contributed by atoms with van der Waals surface area (Å²) in [7, 11) is 0. The maximum absolute atomic E-state index is 12.3. The van der Waals surface area contributed by atoms with Crippen LogP contribution in [0, 0.1) is 0 Å². The number of hydrogen-bond acceptors (Lipinski definition) is 5. The summed E-state index contributed by atoms with van der Waals surface area (Å²) in [4.78, 5) is 12.3. The van der Waals surface area contributed by atoms with E-state index in [9.17, 15) is 4.79 Å². The number of ether oxygens (including phenoxy) is 1. The zero-order valence-corrected chi connectivity index (χ0v) is 17.0. The zero-order valence-electron chi connectivity index (χ0n) is 16.2. The Hall–Kier alpha value is -2.64. The average molecular weight is 409 g/mol. The van der Waals surface area contributed by atoms with Gasteiger partial charge in [-0.25, -0.2) is 0 Å². The van der Waals surface area contributed by atoms with Gasteiger partial charge in [0.1, 0.15) is 5.82 Å². The van der Waals surface area contributed by atoms with Crippen molar-refractivity contribution >= 4 is 17.7 Å². The van der Waals surface area contributed by atoms with E-state index in [-0.39, 0.29) is 12.0 Å². The molecule has 1 fully saturated rings. The van der Waals surface area contributed by atoms with Crippen molar-refractivity contribution in [3.05, 3.63) is 72.1 Å². The van der Waals surface area contributed by atoms with Crippen molar-refractivity contribution in [3.8, 4) is 5.69 Å². The van der Waals surface area contributed by atoms with Gasteiger partial charge >= 0.3 is 0 Å². The van der Waals surface area contributed by atoms with Crippen molar-refractivity contribution in [2.24, 2.45) is 0 Å². The number of carbonyl (C=O) groups is 1. The van der Waals surface area contributed by atoms with Crippen molar-refractivity contribution in [1.29, 1.82) is 0 Å². The van der Waals surface area contributed by atoms with Gasteiger partial charge in [0.15, 0.2) is 5.16 Å². The first-order valence-corrected chi connectivity index (χ1v) is 10.8. The van der Waals surface area contributed by atoms with Crippen LogP contribution in [0.2, 0.25) is 0 Å². The highest BCUT2D eigenvalue weighted by Gasteiger charge is 2.18. The molecule has 0 radical (unpaired) electrons. The molecule has 1 aromatic heterocycles. The Bertz CT molecular complexity index is 925. The average Bonchev–Trinajstić information content (AvgIpc) is 3.42. The fourth-order valence-corrected chi connectivity index (χ4v) is 4.14. The van der Waals surface area contributed by atoms with Crippen LogP contribution in [0.3, 0.4) is 0 Å². The quantitative estimate of drug-likeness (QED) is 0.580. The molecule has 7 heteroatoms. The van der Waals surface area contributed by atoms with Gasteiger partial charge in [-0.3, -0.25) is 9.36 Å². The molecular formula is C22H24N4O2S. The van der Waals surface area contributed by atoms with E-state index in [0.29, 0.717) is 18.7 Å². The highest BCUT2D eigenvalue weighted by atomic mass is 32.2. The molecule has 2 heterocycles. The molecule has 0 bridgehead atoms. The summed E-state index contributed by atoms with van der Waals surface area (Å²) in [6.45, 7) is 1.36. The number of benzene rings is 2. The molecule has 2 aromatic carbocycles. The van der Waals surface area contributed by atoms with Crippen LogP contribution in [0.5, 0.6) is 0 Å². The second kappa shape index (κ2) is 9.71. The van der Waals surface area contributed by atoms with Gasteiger partial charge in [0.25, 0.3) is 0 Å². The minimum absolute atomic E-state index is 0.0160. The topological polar surface area (TPSA) is 69.0 Å². The summed E-state index contributed by atoms with van der Waals surface area (Å²) in [6.07, 6.45) is 2.90. The van der Waals surface area contributed by atoms with E-state index in [2.05, 4.69) is 27.6 Å². The van der Waals surface area contributed by atoms with Crippen LogP contribution >= 0.6 is 11.8 Å². The van der Waals surface area contributed by atoms with Crippen LogP contribution in [0.1, 0.15) is 24.2 Å². The predicted molar refractivity (Wildman–Crippen MR) is 113 cm³/mol. The van der Waals surface area contributed by atoms with Crippen molar-refractivity contribution in [1.82, 2.24) is 20.1 Å². The van der Waals surface area contributed by atoms with Crippen molar-refractivity contribution in [2.75, 3.05) is 18.9 Å². The molecule has 0 saturated carbocycles. The summed E-state index contributed by atoms with van der Waals surface area (Å²) in [5.41, 5.74) is 2.16. The highest BCUT2D eigenvalue weighted by Crippen LogP contribution is 2.23. The van der Waals surface area contributed by atoms with Gasteiger partial charge in [0, 0.05) is 25.3 Å². The lowest BCUT2D eigenvalue weighted by atomic mass is 10.1. The lowest BCUT2D eigenvalue weighted by molar-refractivity contribution is -0.119. The first-order chi connectivity index (χ1) is 14.3. The number of nitrogens with one attached hydrogen (secondary N) is 1. The molecule has 0 aliphatic carbocycles. The van der Waals surface area contributed by atoms with Gasteiger partial charge in [0.05, 0.1) is 11.9 Å². The minimum atomic E-state index is -0.0160. The molecule has 1 aliphatic rings. The molecule has 0 spiro atoms. The third-order valence-electron chi connectivity index (χ3n) is 4.80. The number of carbonyl (C=O) groups excluding carboxylic acids is 1. The zero-order chi connectivity index (χ0) is 19.9. The lowest BCUT2D eigenvalue weighted by Crippen LogP contribution is -2.32. The van der Waals surface area contributed by atoms with Crippen molar-refractivity contribution in [3.63, 3.8) is 0 Å². The molecule has 4 rings (SSSR count). The largest absolute Gasteiger partial charge is 0.376 e. The molecule has 6 nitrogen and oxygen atoms in total. The van der Waals surface area contributed by atoms with E-state index in [4.69, 9.17) is 4.74 Å². The fraction of sp³-hybridized carbons (Fsp3) is 0.318. The number of rotatable bonds is 8. The maximum Gasteiger partial charge on any atom is 0.230 e. The van der Waals surface area contributed by atoms with Crippen LogP contribution in [0.4, 0.5) is 0 Å². The molecular weight excluding hydrogens is 384 g/mol. The van der Waals surface area contributed by atoms with E-state index in [1.165, 1.54) is 17.3 Å². The van der Waals surface area contributed by atoms with Crippen molar-refractivity contribution < 1.29 is 9.53 Å². The van der Waals surface area contributed by atoms with Crippen LogP contribution in [-0.4, -0.2) is 45.7 Å². The number of hydrogen-bond donors (Lipinski definition) is 1. The predicted octanol–water partition coefficient (Wildman–Crippen LogP) is 3.25. The third kappa shape index (κ3) is 5.25. The van der Waals surface area contributed by atoms with E-state index in [0.717, 1.165) is 36.1 Å². The second-order valence-corrected chi connectivity index (χ2v) is 7.90. The van der Waals surface area contributed by atoms with Gasteiger partial charge in [-0.15, -0.1) is 10.2 Å². The Morgan fingerprint density at radius 1 is 1.10 bits per heavy atom. The molecule has 1 amide bonds. The molecule has 1 N–H and O–H groups in total. The SMILES string of the molecule is O=C(CSc1nnc(Cc2ccccc2)n1-c1ccccc1)NC[C@@H]1CCCO1. The van der Waals surface area contributed by atoms with Crippen LogP contribution in [0.15, 0.2) is 65.8 Å². The normalized spacial score (nSPS) is 16.1. The van der Waals surface area contributed by atoms with Gasteiger partial charge in [-0.1, -0.05) is 60.3 Å². The van der Waals surface area contributed by atoms with E-state index in [1.807, 2.05) is 53.1 Å². The number of aromatic nitrogens is 3. The maximum atomic E-state index is 12.3. The third-order valence-corrected chi connectivity index (χ3v) is 5.73. The first kappa shape index (κ1) is 19.7. The summed E-state index contributed by atoms with van der Waals surface area (Å²) in [5, 5.41) is 12.5. The van der Waals surface area contributed by atoms with Crippen LogP contribution in [0.25, 0.3) is 5.69 Å². The highest BCUT2D eigenvalue weighted by molar-refractivity contribution is 7.99. The Balaban J connectivity index is 1.46. The summed E-state index contributed by atoms with van der Waals surface area (Å²) >= 11 is 1.40. The van der Waals surface area contributed by atoms with Crippen LogP contribution < -0.4 is 5.32 Å². The number of nitrogens with zero attached hydrogens (tertiary/aromatic N) is 3. The summed E-state index contributed by atoms with van der Waals surface area (Å²) < 4.78 is 7.59. The number of thioether (sulfide) groups is 1. The Kier molecular flexibility index (Phi) is 6.59. The second-order valence-electron chi connectivity index (χ2n) is 6.96. The van der Waals surface area contributed by atoms with Crippen LogP contribution in [-0.2, 0) is 16.0 Å². The molecule has 3 aromatic rings. The smallest absolute Gasteiger partial charge is 0.230 e. The summed E-state index contributed by atoms with van der Waals surface area (Å²) in [5.74, 6) is 1.13. The Labute approximate surface area is 174 Å². The van der Waals surface area contributed by atoms with E-state index >= 15 is 0 Å². The summed E-state index contributed by atoms with van der Waals surface area (Å²) in [6, 6.07) is 20.2. The molecule has 29 heavy (non-hydrogen) atoms. The molecule has 0 unspecified atom stereocenters. The van der Waals surface area contributed by atoms with Gasteiger partial charge in [0.2, 0.25) is 5.91 Å². The lowest BCUT2D eigenvalue weighted by Gasteiger charge is -2.12.